The summed E-state index contributed by atoms with van der Waals surface area (Å²) in [6, 6.07) is 5.27. The van der Waals surface area contributed by atoms with E-state index in [0.717, 1.165) is 6.07 Å². The number of carbonyl (C=O) groups excluding carboxylic acids is 1. The molecule has 0 aliphatic heterocycles. The van der Waals surface area contributed by atoms with Crippen LogP contribution in [0.5, 0.6) is 0 Å². The number of nitro benzene ring substituents is 1. The summed E-state index contributed by atoms with van der Waals surface area (Å²) in [4.78, 5) is 20.6. The molecule has 0 aromatic heterocycles. The number of hydrogen-bond acceptors (Lipinski definition) is 6. The Bertz CT molecular complexity index is 578. The van der Waals surface area contributed by atoms with Gasteiger partial charge in [-0.15, -0.1) is 0 Å². The Kier molecular flexibility index (Phi) is 4.17. The van der Waals surface area contributed by atoms with E-state index in [2.05, 4.69) is 10.5 Å². The Labute approximate surface area is 106 Å². The summed E-state index contributed by atoms with van der Waals surface area (Å²) in [6.45, 7) is 0. The van der Waals surface area contributed by atoms with E-state index in [0.29, 0.717) is 0 Å². The highest BCUT2D eigenvalue weighted by atomic mass is 35.5. The van der Waals surface area contributed by atoms with E-state index in [1.165, 1.54) is 18.2 Å². The van der Waals surface area contributed by atoms with Crippen molar-refractivity contribution < 1.29 is 9.72 Å². The van der Waals surface area contributed by atoms with Crippen LogP contribution in [0, 0.1) is 21.4 Å². The fourth-order valence-electron chi connectivity index (χ4n) is 0.978. The zero-order valence-corrected chi connectivity index (χ0v) is 9.51. The second-order valence-corrected chi connectivity index (χ2v) is 3.38. The van der Waals surface area contributed by atoms with Crippen molar-refractivity contribution in [1.82, 2.24) is 0 Å². The molecule has 0 atom stereocenters. The second-order valence-electron chi connectivity index (χ2n) is 2.97. The van der Waals surface area contributed by atoms with Gasteiger partial charge in [0.05, 0.1) is 10.6 Å². The van der Waals surface area contributed by atoms with Gasteiger partial charge >= 0.3 is 0 Å². The summed E-state index contributed by atoms with van der Waals surface area (Å²) in [5.74, 6) is -1.01. The minimum Gasteiger partial charge on any atom is -0.364 e. The number of hydrazone groups is 1. The Hall–Kier alpha value is -2.66. The number of rotatable bonds is 4. The van der Waals surface area contributed by atoms with Crippen molar-refractivity contribution in [2.45, 2.75) is 0 Å². The van der Waals surface area contributed by atoms with Crippen molar-refractivity contribution >= 4 is 34.6 Å². The van der Waals surface area contributed by atoms with E-state index in [9.17, 15) is 14.9 Å². The number of hydrogen-bond donors (Lipinski definition) is 2. The van der Waals surface area contributed by atoms with Gasteiger partial charge in [0.1, 0.15) is 11.1 Å². The van der Waals surface area contributed by atoms with Crippen molar-refractivity contribution in [1.29, 1.82) is 5.26 Å². The summed E-state index contributed by atoms with van der Waals surface area (Å²) in [5, 5.41) is 22.5. The summed E-state index contributed by atoms with van der Waals surface area (Å²) in [7, 11) is 0. The van der Waals surface area contributed by atoms with Crippen LogP contribution in [-0.4, -0.2) is 16.5 Å². The average molecular weight is 268 g/mol. The highest BCUT2D eigenvalue weighted by Gasteiger charge is 2.13. The molecule has 0 bridgehead atoms. The number of nitrogens with two attached hydrogens (primary N) is 1. The van der Waals surface area contributed by atoms with Gasteiger partial charge in [0, 0.05) is 6.07 Å². The molecule has 0 spiro atoms. The van der Waals surface area contributed by atoms with E-state index in [-0.39, 0.29) is 16.4 Å². The third-order valence-corrected chi connectivity index (χ3v) is 2.10. The highest BCUT2D eigenvalue weighted by Crippen LogP contribution is 2.27. The molecule has 0 aliphatic rings. The number of amides is 1. The molecule has 1 rings (SSSR count). The van der Waals surface area contributed by atoms with E-state index in [4.69, 9.17) is 22.6 Å². The molecule has 1 aromatic carbocycles. The number of nitro groups is 1. The normalized spacial score (nSPS) is 10.6. The Balaban J connectivity index is 3.00. The van der Waals surface area contributed by atoms with Crippen LogP contribution in [0.15, 0.2) is 23.3 Å². The lowest BCUT2D eigenvalue weighted by atomic mass is 10.3. The maximum Gasteiger partial charge on any atom is 0.290 e. The number of nitriles is 1. The zero-order chi connectivity index (χ0) is 13.7. The minimum absolute atomic E-state index is 0.0371. The van der Waals surface area contributed by atoms with Gasteiger partial charge in [-0.25, -0.2) is 0 Å². The van der Waals surface area contributed by atoms with Crippen LogP contribution in [-0.2, 0) is 4.79 Å². The number of primary amides is 1. The molecule has 0 aliphatic carbocycles. The SMILES string of the molecule is N#C/C(=N/Nc1ccc(Cl)c([N+](=O)[O-])c1)C(N)=O. The van der Waals surface area contributed by atoms with Gasteiger partial charge in [0.25, 0.3) is 11.6 Å². The molecule has 0 saturated heterocycles. The topological polar surface area (TPSA) is 134 Å². The monoisotopic (exact) mass is 267 g/mol. The molecular weight excluding hydrogens is 262 g/mol. The van der Waals surface area contributed by atoms with Gasteiger partial charge in [-0.2, -0.15) is 10.4 Å². The molecule has 0 fully saturated rings. The second kappa shape index (κ2) is 5.60. The lowest BCUT2D eigenvalue weighted by Gasteiger charge is -2.01. The number of anilines is 1. The van der Waals surface area contributed by atoms with Crippen LogP contribution in [0.2, 0.25) is 5.02 Å². The third kappa shape index (κ3) is 3.16. The summed E-state index contributed by atoms with van der Waals surface area (Å²) in [6.07, 6.45) is 0. The van der Waals surface area contributed by atoms with Gasteiger partial charge in [-0.3, -0.25) is 20.3 Å². The molecule has 9 heteroatoms. The van der Waals surface area contributed by atoms with E-state index in [1.807, 2.05) is 0 Å². The lowest BCUT2D eigenvalue weighted by molar-refractivity contribution is -0.384. The average Bonchev–Trinajstić information content (AvgIpc) is 2.31. The first-order valence-electron chi connectivity index (χ1n) is 4.43. The zero-order valence-electron chi connectivity index (χ0n) is 8.75. The van der Waals surface area contributed by atoms with Crippen LogP contribution in [0.4, 0.5) is 11.4 Å². The summed E-state index contributed by atoms with van der Waals surface area (Å²) >= 11 is 5.60. The largest absolute Gasteiger partial charge is 0.364 e. The lowest BCUT2D eigenvalue weighted by Crippen LogP contribution is -2.22. The van der Waals surface area contributed by atoms with Gasteiger partial charge in [-0.05, 0) is 12.1 Å². The molecule has 8 nitrogen and oxygen atoms in total. The van der Waals surface area contributed by atoms with Crippen LogP contribution < -0.4 is 11.2 Å². The van der Waals surface area contributed by atoms with Crippen LogP contribution >= 0.6 is 11.6 Å². The smallest absolute Gasteiger partial charge is 0.290 e. The van der Waals surface area contributed by atoms with E-state index in [1.54, 1.807) is 0 Å². The van der Waals surface area contributed by atoms with Crippen molar-refractivity contribution in [2.75, 3.05) is 5.43 Å². The van der Waals surface area contributed by atoms with Crippen LogP contribution in [0.25, 0.3) is 0 Å². The molecule has 0 heterocycles. The first-order chi connectivity index (χ1) is 8.45. The number of halogens is 1. The number of nitrogens with one attached hydrogen (secondary N) is 1. The molecule has 92 valence electrons. The Morgan fingerprint density at radius 3 is 2.78 bits per heavy atom. The van der Waals surface area contributed by atoms with E-state index >= 15 is 0 Å². The van der Waals surface area contributed by atoms with Crippen molar-refractivity contribution in [3.8, 4) is 6.07 Å². The third-order valence-electron chi connectivity index (χ3n) is 1.78. The van der Waals surface area contributed by atoms with Crippen molar-refractivity contribution in [3.63, 3.8) is 0 Å². The van der Waals surface area contributed by atoms with Crippen molar-refractivity contribution in [2.24, 2.45) is 10.8 Å². The summed E-state index contributed by atoms with van der Waals surface area (Å²) in [5.41, 5.74) is 6.47. The fraction of sp³-hybridized carbons (Fsp3) is 0. The quantitative estimate of drug-likeness (QED) is 0.477. The molecule has 18 heavy (non-hydrogen) atoms. The number of benzene rings is 1. The van der Waals surface area contributed by atoms with Crippen LogP contribution in [0.3, 0.4) is 0 Å². The van der Waals surface area contributed by atoms with Gasteiger partial charge in [0.2, 0.25) is 5.71 Å². The van der Waals surface area contributed by atoms with Crippen molar-refractivity contribution in [3.05, 3.63) is 33.3 Å². The Morgan fingerprint density at radius 2 is 2.28 bits per heavy atom. The maximum absolute atomic E-state index is 10.7. The molecule has 3 N–H and O–H groups in total. The maximum atomic E-state index is 10.7. The Morgan fingerprint density at radius 1 is 1.61 bits per heavy atom. The molecule has 1 amide bonds. The first kappa shape index (κ1) is 13.4. The standard InChI is InChI=1S/C9H6ClN5O3/c10-6-2-1-5(3-8(6)15(17)18)13-14-7(4-11)9(12)16/h1-3,13H,(H2,12,16)/b14-7-. The van der Waals surface area contributed by atoms with Gasteiger partial charge in [-0.1, -0.05) is 11.6 Å². The molecule has 0 saturated carbocycles. The summed E-state index contributed by atoms with van der Waals surface area (Å²) < 4.78 is 0. The minimum atomic E-state index is -1.01. The van der Waals surface area contributed by atoms with E-state index < -0.39 is 16.5 Å². The fourth-order valence-corrected chi connectivity index (χ4v) is 1.16. The number of carbonyl (C=O) groups is 1. The first-order valence-corrected chi connectivity index (χ1v) is 4.81. The number of nitrogens with zero attached hydrogens (tertiary/aromatic N) is 3. The van der Waals surface area contributed by atoms with Gasteiger partial charge < -0.3 is 5.73 Å². The molecular formula is C9H6ClN5O3. The highest BCUT2D eigenvalue weighted by molar-refractivity contribution is 6.44. The van der Waals surface area contributed by atoms with Crippen LogP contribution in [0.1, 0.15) is 0 Å². The predicted molar refractivity (Wildman–Crippen MR) is 64.0 cm³/mol. The molecule has 1 aromatic rings. The predicted octanol–water partition coefficient (Wildman–Crippen LogP) is 1.02. The van der Waals surface area contributed by atoms with Gasteiger partial charge in [0.15, 0.2) is 0 Å². The molecule has 0 unspecified atom stereocenters. The molecule has 0 radical (unpaired) electrons.